The lowest BCUT2D eigenvalue weighted by molar-refractivity contribution is -0.384. The van der Waals surface area contributed by atoms with Crippen LogP contribution in [0.5, 0.6) is 11.5 Å². The summed E-state index contributed by atoms with van der Waals surface area (Å²) >= 11 is 12.5. The highest BCUT2D eigenvalue weighted by Crippen LogP contribution is 2.37. The van der Waals surface area contributed by atoms with Gasteiger partial charge < -0.3 is 20.1 Å². The summed E-state index contributed by atoms with van der Waals surface area (Å²) in [4.78, 5) is 14.4. The molecule has 0 aliphatic carbocycles. The molecule has 184 valence electrons. The fraction of sp³-hybridized carbons (Fsp3) is 0.227. The lowest BCUT2D eigenvalue weighted by atomic mass is 10.2. The molecule has 0 bridgehead atoms. The molecule has 1 aromatic heterocycles. The predicted molar refractivity (Wildman–Crippen MR) is 139 cm³/mol. The van der Waals surface area contributed by atoms with Crippen molar-refractivity contribution in [2.45, 2.75) is 13.2 Å². The molecule has 1 heterocycles. The van der Waals surface area contributed by atoms with E-state index >= 15 is 0 Å². The van der Waals surface area contributed by atoms with Gasteiger partial charge in [0.25, 0.3) is 5.69 Å². The molecule has 2 aromatic carbocycles. The molecule has 0 amide bonds. The molecule has 34 heavy (non-hydrogen) atoms. The number of ether oxygens (including phenoxy) is 2. The van der Waals surface area contributed by atoms with Crippen LogP contribution in [0.2, 0.25) is 10.0 Å². The Morgan fingerprint density at radius 2 is 1.85 bits per heavy atom. The first-order chi connectivity index (χ1) is 15.5. The van der Waals surface area contributed by atoms with Crippen LogP contribution in [-0.2, 0) is 13.2 Å². The maximum atomic E-state index is 10.8. The number of halogens is 4. The van der Waals surface area contributed by atoms with E-state index in [0.29, 0.717) is 53.5 Å². The monoisotopic (exact) mass is 548 g/mol. The number of nitrogens with one attached hydrogen (secondary N) is 2. The molecule has 0 saturated heterocycles. The topological polar surface area (TPSA) is 98.5 Å². The number of hydrogen-bond donors (Lipinski definition) is 2. The molecule has 3 rings (SSSR count). The summed E-state index contributed by atoms with van der Waals surface area (Å²) in [5.74, 6) is 1.03. The largest absolute Gasteiger partial charge is 0.493 e. The van der Waals surface area contributed by atoms with Crippen LogP contribution >= 0.6 is 48.0 Å². The van der Waals surface area contributed by atoms with Gasteiger partial charge in [-0.2, -0.15) is 0 Å². The molecular weight excluding hydrogens is 526 g/mol. The molecule has 0 fully saturated rings. The van der Waals surface area contributed by atoms with Gasteiger partial charge in [0.1, 0.15) is 6.61 Å². The number of nitro benzene ring substituents is 1. The average molecular weight is 550 g/mol. The Morgan fingerprint density at radius 3 is 2.50 bits per heavy atom. The molecule has 0 aliphatic heterocycles. The van der Waals surface area contributed by atoms with Crippen molar-refractivity contribution in [2.24, 2.45) is 0 Å². The van der Waals surface area contributed by atoms with E-state index in [1.54, 1.807) is 25.6 Å². The molecule has 8 nitrogen and oxygen atoms in total. The van der Waals surface area contributed by atoms with Crippen LogP contribution < -0.4 is 20.1 Å². The maximum absolute atomic E-state index is 10.8. The van der Waals surface area contributed by atoms with Gasteiger partial charge in [0.2, 0.25) is 0 Å². The Balaban J connectivity index is 0.00000289. The van der Waals surface area contributed by atoms with Crippen LogP contribution in [0.1, 0.15) is 11.1 Å². The first-order valence-corrected chi connectivity index (χ1v) is 10.5. The Hall–Kier alpha value is -2.49. The number of anilines is 1. The third-order valence-electron chi connectivity index (χ3n) is 4.51. The molecule has 0 saturated carbocycles. The third kappa shape index (κ3) is 8.38. The molecule has 0 atom stereocenters. The number of methoxy groups -OCH3 is 1. The molecular formula is C22H24Cl4N4O4. The van der Waals surface area contributed by atoms with E-state index < -0.39 is 4.92 Å². The van der Waals surface area contributed by atoms with Gasteiger partial charge in [-0.1, -0.05) is 29.3 Å². The number of hydrogen-bond acceptors (Lipinski definition) is 7. The summed E-state index contributed by atoms with van der Waals surface area (Å²) in [7, 11) is 1.57. The summed E-state index contributed by atoms with van der Waals surface area (Å²) in [6.45, 7) is 2.11. The SMILES string of the molecule is COc1cc(CNCCNc2ccc([N+](=O)[O-])cc2Cl)cc(Cl)c1OCc1cccnc1.Cl.Cl. The van der Waals surface area contributed by atoms with Crippen molar-refractivity contribution >= 4 is 59.4 Å². The Bertz CT molecular complexity index is 1070. The summed E-state index contributed by atoms with van der Waals surface area (Å²) in [5.41, 5.74) is 2.46. The van der Waals surface area contributed by atoms with Crippen molar-refractivity contribution in [1.29, 1.82) is 0 Å². The summed E-state index contributed by atoms with van der Waals surface area (Å²) in [5, 5.41) is 18.0. The van der Waals surface area contributed by atoms with Crippen LogP contribution in [0, 0.1) is 10.1 Å². The lowest BCUT2D eigenvalue weighted by Crippen LogP contribution is -2.22. The molecule has 0 spiro atoms. The fourth-order valence-electron chi connectivity index (χ4n) is 2.93. The highest BCUT2D eigenvalue weighted by molar-refractivity contribution is 6.33. The van der Waals surface area contributed by atoms with Gasteiger partial charge in [0.05, 0.1) is 27.8 Å². The van der Waals surface area contributed by atoms with Crippen molar-refractivity contribution in [3.05, 3.63) is 86.1 Å². The van der Waals surface area contributed by atoms with Crippen molar-refractivity contribution in [3.8, 4) is 11.5 Å². The zero-order valence-electron chi connectivity index (χ0n) is 18.1. The van der Waals surface area contributed by atoms with Gasteiger partial charge in [-0.15, -0.1) is 24.8 Å². The van der Waals surface area contributed by atoms with Gasteiger partial charge in [0, 0.05) is 49.7 Å². The molecule has 12 heteroatoms. The van der Waals surface area contributed by atoms with Crippen LogP contribution in [0.3, 0.4) is 0 Å². The van der Waals surface area contributed by atoms with Crippen molar-refractivity contribution < 1.29 is 14.4 Å². The van der Waals surface area contributed by atoms with E-state index in [1.807, 2.05) is 24.3 Å². The molecule has 0 unspecified atom stereocenters. The van der Waals surface area contributed by atoms with E-state index in [9.17, 15) is 10.1 Å². The molecule has 0 radical (unpaired) electrons. The van der Waals surface area contributed by atoms with Crippen LogP contribution in [0.15, 0.2) is 54.9 Å². The standard InChI is InChI=1S/C22H22Cl2N4O4.2ClH/c1-31-21-10-16(9-19(24)22(21)32-14-15-3-2-6-25-12-15)13-26-7-8-27-20-5-4-17(28(29)30)11-18(20)23;;/h2-6,9-12,26-27H,7-8,13-14H2,1H3;2*1H. The van der Waals surface area contributed by atoms with E-state index in [2.05, 4.69) is 15.6 Å². The van der Waals surface area contributed by atoms with Crippen molar-refractivity contribution in [2.75, 3.05) is 25.5 Å². The van der Waals surface area contributed by atoms with E-state index in [1.165, 1.54) is 12.1 Å². The average Bonchev–Trinajstić information content (AvgIpc) is 2.79. The van der Waals surface area contributed by atoms with Gasteiger partial charge >= 0.3 is 0 Å². The highest BCUT2D eigenvalue weighted by Gasteiger charge is 2.13. The fourth-order valence-corrected chi connectivity index (χ4v) is 3.46. The third-order valence-corrected chi connectivity index (χ3v) is 5.10. The Morgan fingerprint density at radius 1 is 1.06 bits per heavy atom. The predicted octanol–water partition coefficient (Wildman–Crippen LogP) is 5.93. The van der Waals surface area contributed by atoms with Crippen LogP contribution in [0.4, 0.5) is 11.4 Å². The van der Waals surface area contributed by atoms with Gasteiger partial charge in [-0.3, -0.25) is 15.1 Å². The summed E-state index contributed by atoms with van der Waals surface area (Å²) < 4.78 is 11.3. The number of benzene rings is 2. The number of aromatic nitrogens is 1. The number of rotatable bonds is 11. The number of non-ortho nitro benzene ring substituents is 1. The van der Waals surface area contributed by atoms with E-state index in [4.69, 9.17) is 32.7 Å². The second-order valence-electron chi connectivity index (χ2n) is 6.78. The van der Waals surface area contributed by atoms with Crippen LogP contribution in [0.25, 0.3) is 0 Å². The summed E-state index contributed by atoms with van der Waals surface area (Å²) in [6, 6.07) is 11.8. The maximum Gasteiger partial charge on any atom is 0.271 e. The zero-order chi connectivity index (χ0) is 22.9. The second-order valence-corrected chi connectivity index (χ2v) is 7.60. The zero-order valence-corrected chi connectivity index (χ0v) is 21.3. The normalized spacial score (nSPS) is 9.97. The highest BCUT2D eigenvalue weighted by atomic mass is 35.5. The first kappa shape index (κ1) is 29.5. The molecule has 0 aliphatic rings. The van der Waals surface area contributed by atoms with Gasteiger partial charge in [-0.25, -0.2) is 0 Å². The van der Waals surface area contributed by atoms with Crippen molar-refractivity contribution in [1.82, 2.24) is 10.3 Å². The summed E-state index contributed by atoms with van der Waals surface area (Å²) in [6.07, 6.45) is 3.44. The van der Waals surface area contributed by atoms with Crippen LogP contribution in [-0.4, -0.2) is 30.1 Å². The number of pyridine rings is 1. The van der Waals surface area contributed by atoms with Crippen molar-refractivity contribution in [3.63, 3.8) is 0 Å². The Labute approximate surface area is 219 Å². The van der Waals surface area contributed by atoms with E-state index in [-0.39, 0.29) is 30.5 Å². The van der Waals surface area contributed by atoms with E-state index in [0.717, 1.165) is 11.1 Å². The smallest absolute Gasteiger partial charge is 0.271 e. The number of nitrogens with zero attached hydrogens (tertiary/aromatic N) is 2. The second kappa shape index (κ2) is 14.7. The quantitative estimate of drug-likeness (QED) is 0.174. The first-order valence-electron chi connectivity index (χ1n) is 9.74. The number of nitro groups is 1. The molecule has 3 aromatic rings. The minimum absolute atomic E-state index is 0. The van der Waals surface area contributed by atoms with Gasteiger partial charge in [-0.05, 0) is 29.8 Å². The minimum Gasteiger partial charge on any atom is -0.493 e. The van der Waals surface area contributed by atoms with Gasteiger partial charge in [0.15, 0.2) is 11.5 Å². The molecule has 2 N–H and O–H groups in total. The minimum atomic E-state index is -0.480. The lowest BCUT2D eigenvalue weighted by Gasteiger charge is -2.15. The Kier molecular flexibility index (Phi) is 12.8.